The number of nitrogen functional groups attached to an aromatic ring is 1. The lowest BCUT2D eigenvalue weighted by Gasteiger charge is -2.17. The van der Waals surface area contributed by atoms with Crippen LogP contribution in [0.1, 0.15) is 0 Å². The Balaban J connectivity index is 1.69. The number of nitrogens with two attached hydrogens (primary N) is 1. The van der Waals surface area contributed by atoms with Gasteiger partial charge < -0.3 is 15.2 Å². The first-order chi connectivity index (χ1) is 11.3. The lowest BCUT2D eigenvalue weighted by Crippen LogP contribution is -2.15. The first-order valence-corrected chi connectivity index (χ1v) is 8.17. The Labute approximate surface area is 135 Å². The molecule has 0 saturated heterocycles. The Kier molecular flexibility index (Phi) is 2.57. The summed E-state index contributed by atoms with van der Waals surface area (Å²) in [5, 5.41) is 0. The van der Waals surface area contributed by atoms with Crippen LogP contribution in [0.3, 0.4) is 0 Å². The Morgan fingerprint density at radius 2 is 1.78 bits per heavy atom. The van der Waals surface area contributed by atoms with Crippen molar-refractivity contribution in [1.29, 1.82) is 0 Å². The van der Waals surface area contributed by atoms with Crippen molar-refractivity contribution in [2.75, 3.05) is 18.9 Å². The third-order valence-corrected chi connectivity index (χ3v) is 4.98. The highest BCUT2D eigenvalue weighted by Gasteiger charge is 2.17. The van der Waals surface area contributed by atoms with Crippen LogP contribution in [0.2, 0.25) is 0 Å². The largest absolute Gasteiger partial charge is 0.486 e. The number of rotatable bonds is 1. The summed E-state index contributed by atoms with van der Waals surface area (Å²) in [4.78, 5) is 5.69. The Morgan fingerprint density at radius 3 is 2.57 bits per heavy atom. The highest BCUT2D eigenvalue weighted by Crippen LogP contribution is 2.38. The maximum Gasteiger partial charge on any atom is 0.195 e. The molecule has 0 amide bonds. The molecule has 23 heavy (non-hydrogen) atoms. The quantitative estimate of drug-likeness (QED) is 0.544. The van der Waals surface area contributed by atoms with Gasteiger partial charge in [-0.15, -0.1) is 0 Å². The number of benzene rings is 2. The SMILES string of the molecule is Nc1ccc(-c2cn3c(n2)sc2cc4c(cc23)OCCO4)cc1. The van der Waals surface area contributed by atoms with E-state index in [1.54, 1.807) is 11.3 Å². The van der Waals surface area contributed by atoms with E-state index in [2.05, 4.69) is 10.6 Å². The fourth-order valence-electron chi connectivity index (χ4n) is 2.83. The molecule has 0 bridgehead atoms. The minimum Gasteiger partial charge on any atom is -0.486 e. The molecule has 0 atom stereocenters. The predicted octanol–water partition coefficient (Wildman–Crippen LogP) is 3.57. The second-order valence-corrected chi connectivity index (χ2v) is 6.48. The molecule has 5 nitrogen and oxygen atoms in total. The van der Waals surface area contributed by atoms with Crippen LogP contribution in [0.5, 0.6) is 11.5 Å². The van der Waals surface area contributed by atoms with E-state index in [-0.39, 0.29) is 0 Å². The molecule has 6 heteroatoms. The van der Waals surface area contributed by atoms with Gasteiger partial charge in [0, 0.05) is 29.6 Å². The van der Waals surface area contributed by atoms with E-state index in [1.807, 2.05) is 36.4 Å². The third kappa shape index (κ3) is 1.95. The summed E-state index contributed by atoms with van der Waals surface area (Å²) in [6.07, 6.45) is 2.05. The summed E-state index contributed by atoms with van der Waals surface area (Å²) >= 11 is 1.64. The van der Waals surface area contributed by atoms with Crippen molar-refractivity contribution in [2.24, 2.45) is 0 Å². The first-order valence-electron chi connectivity index (χ1n) is 7.35. The molecule has 1 aliphatic heterocycles. The standard InChI is InChI=1S/C17H13N3O2S/c18-11-3-1-10(2-4-11)12-9-20-13-7-14-15(22-6-5-21-14)8-16(13)23-17(20)19-12/h1-4,7-9H,5-6,18H2. The third-order valence-electron chi connectivity index (χ3n) is 3.96. The van der Waals surface area contributed by atoms with Gasteiger partial charge in [0.25, 0.3) is 0 Å². The molecular weight excluding hydrogens is 310 g/mol. The van der Waals surface area contributed by atoms with Crippen LogP contribution in [0.25, 0.3) is 26.4 Å². The topological polar surface area (TPSA) is 61.8 Å². The van der Waals surface area contributed by atoms with Gasteiger partial charge in [-0.1, -0.05) is 23.5 Å². The van der Waals surface area contributed by atoms with Gasteiger partial charge in [-0.05, 0) is 12.1 Å². The summed E-state index contributed by atoms with van der Waals surface area (Å²) < 4.78 is 14.6. The number of nitrogens with zero attached hydrogens (tertiary/aromatic N) is 2. The Bertz CT molecular complexity index is 1030. The number of imidazole rings is 1. The predicted molar refractivity (Wildman–Crippen MR) is 91.4 cm³/mol. The van der Waals surface area contributed by atoms with Crippen molar-refractivity contribution in [2.45, 2.75) is 0 Å². The van der Waals surface area contributed by atoms with Crippen LogP contribution in [0.15, 0.2) is 42.6 Å². The van der Waals surface area contributed by atoms with Crippen LogP contribution in [-0.2, 0) is 0 Å². The average molecular weight is 323 g/mol. The molecule has 2 aromatic heterocycles. The maximum absolute atomic E-state index is 5.75. The molecule has 0 radical (unpaired) electrons. The van der Waals surface area contributed by atoms with Crippen molar-refractivity contribution in [3.63, 3.8) is 0 Å². The first kappa shape index (κ1) is 12.8. The van der Waals surface area contributed by atoms with E-state index in [0.29, 0.717) is 13.2 Å². The smallest absolute Gasteiger partial charge is 0.195 e. The molecular formula is C17H13N3O2S. The number of aromatic nitrogens is 2. The molecule has 0 unspecified atom stereocenters. The molecule has 0 saturated carbocycles. The number of hydrogen-bond donors (Lipinski definition) is 1. The fourth-order valence-corrected chi connectivity index (χ4v) is 3.85. The van der Waals surface area contributed by atoms with Crippen molar-refractivity contribution < 1.29 is 9.47 Å². The van der Waals surface area contributed by atoms with E-state index in [1.165, 1.54) is 0 Å². The lowest BCUT2D eigenvalue weighted by atomic mass is 10.1. The second-order valence-electron chi connectivity index (χ2n) is 5.47. The van der Waals surface area contributed by atoms with Crippen LogP contribution in [0.4, 0.5) is 5.69 Å². The van der Waals surface area contributed by atoms with Gasteiger partial charge >= 0.3 is 0 Å². The zero-order valence-electron chi connectivity index (χ0n) is 12.2. The lowest BCUT2D eigenvalue weighted by molar-refractivity contribution is 0.172. The van der Waals surface area contributed by atoms with Gasteiger partial charge in [-0.2, -0.15) is 0 Å². The van der Waals surface area contributed by atoms with Gasteiger partial charge in [0.1, 0.15) is 13.2 Å². The molecule has 3 heterocycles. The number of fused-ring (bicyclic) bond motifs is 4. The van der Waals surface area contributed by atoms with Crippen molar-refractivity contribution >= 4 is 32.2 Å². The van der Waals surface area contributed by atoms with Gasteiger partial charge in [-0.25, -0.2) is 4.98 Å². The normalized spacial score (nSPS) is 13.7. The summed E-state index contributed by atoms with van der Waals surface area (Å²) in [5.41, 5.74) is 9.58. The minimum atomic E-state index is 0.590. The Hall–Kier alpha value is -2.73. The summed E-state index contributed by atoms with van der Waals surface area (Å²) in [6.45, 7) is 1.19. The summed E-state index contributed by atoms with van der Waals surface area (Å²) in [6, 6.07) is 11.8. The molecule has 5 rings (SSSR count). The molecule has 0 aliphatic carbocycles. The van der Waals surface area contributed by atoms with Crippen LogP contribution >= 0.6 is 11.3 Å². The maximum atomic E-state index is 5.75. The van der Waals surface area contributed by atoms with Gasteiger partial charge in [0.2, 0.25) is 0 Å². The summed E-state index contributed by atoms with van der Waals surface area (Å²) in [7, 11) is 0. The zero-order chi connectivity index (χ0) is 15.4. The van der Waals surface area contributed by atoms with Gasteiger partial charge in [0.15, 0.2) is 16.5 Å². The van der Waals surface area contributed by atoms with E-state index in [4.69, 9.17) is 20.2 Å². The van der Waals surface area contributed by atoms with Crippen molar-refractivity contribution in [1.82, 2.24) is 9.38 Å². The van der Waals surface area contributed by atoms with E-state index in [0.717, 1.165) is 43.6 Å². The van der Waals surface area contributed by atoms with E-state index in [9.17, 15) is 0 Å². The molecule has 2 N–H and O–H groups in total. The number of ether oxygens (including phenoxy) is 2. The molecule has 114 valence electrons. The molecule has 0 fully saturated rings. The monoisotopic (exact) mass is 323 g/mol. The van der Waals surface area contributed by atoms with Gasteiger partial charge in [-0.3, -0.25) is 4.40 Å². The highest BCUT2D eigenvalue weighted by molar-refractivity contribution is 7.23. The molecule has 1 aliphatic rings. The number of hydrogen-bond acceptors (Lipinski definition) is 5. The van der Waals surface area contributed by atoms with E-state index < -0.39 is 0 Å². The molecule has 0 spiro atoms. The Morgan fingerprint density at radius 1 is 1.04 bits per heavy atom. The van der Waals surface area contributed by atoms with Crippen LogP contribution in [0, 0.1) is 0 Å². The van der Waals surface area contributed by atoms with Crippen LogP contribution < -0.4 is 15.2 Å². The zero-order valence-corrected chi connectivity index (χ0v) is 13.0. The number of thiazole rings is 1. The fraction of sp³-hybridized carbons (Fsp3) is 0.118. The number of anilines is 1. The summed E-state index contributed by atoms with van der Waals surface area (Å²) in [5.74, 6) is 1.61. The average Bonchev–Trinajstić information content (AvgIpc) is 3.11. The molecule has 4 aromatic rings. The van der Waals surface area contributed by atoms with E-state index >= 15 is 0 Å². The van der Waals surface area contributed by atoms with Crippen molar-refractivity contribution in [3.8, 4) is 22.8 Å². The minimum absolute atomic E-state index is 0.590. The van der Waals surface area contributed by atoms with Crippen molar-refractivity contribution in [3.05, 3.63) is 42.6 Å². The van der Waals surface area contributed by atoms with Gasteiger partial charge in [0.05, 0.1) is 15.9 Å². The van der Waals surface area contributed by atoms with Crippen LogP contribution in [-0.4, -0.2) is 22.6 Å². The second kappa shape index (κ2) is 4.63. The molecule has 2 aromatic carbocycles. The highest BCUT2D eigenvalue weighted by atomic mass is 32.1.